The van der Waals surface area contributed by atoms with E-state index in [2.05, 4.69) is 29.2 Å². The highest BCUT2D eigenvalue weighted by molar-refractivity contribution is 8.00. The van der Waals surface area contributed by atoms with Crippen molar-refractivity contribution in [2.75, 3.05) is 26.2 Å². The average Bonchev–Trinajstić information content (AvgIpc) is 2.77. The van der Waals surface area contributed by atoms with E-state index in [0.717, 1.165) is 32.5 Å². The Labute approximate surface area is 178 Å². The van der Waals surface area contributed by atoms with Crippen molar-refractivity contribution in [3.05, 3.63) is 60.2 Å². The summed E-state index contributed by atoms with van der Waals surface area (Å²) in [7, 11) is 0. The largest absolute Gasteiger partial charge is 0.415 e. The number of hydrogen-bond acceptors (Lipinski definition) is 4. The van der Waals surface area contributed by atoms with Gasteiger partial charge in [-0.3, -0.25) is 4.90 Å². The van der Waals surface area contributed by atoms with Gasteiger partial charge in [0.05, 0.1) is 0 Å². The van der Waals surface area contributed by atoms with E-state index in [1.807, 2.05) is 47.0 Å². The van der Waals surface area contributed by atoms with Crippen molar-refractivity contribution < 1.29 is 9.53 Å². The molecule has 0 aliphatic carbocycles. The first-order valence-electron chi connectivity index (χ1n) is 10.8. The smallest absolute Gasteiger partial charge is 0.410 e. The molecule has 2 heterocycles. The molecule has 29 heavy (non-hydrogen) atoms. The monoisotopic (exact) mass is 410 g/mol. The Morgan fingerprint density at radius 2 is 1.59 bits per heavy atom. The molecule has 0 saturated carbocycles. The van der Waals surface area contributed by atoms with Gasteiger partial charge in [-0.25, -0.2) is 4.79 Å². The minimum atomic E-state index is -0.235. The Hall–Kier alpha value is -1.98. The second-order valence-corrected chi connectivity index (χ2v) is 9.34. The van der Waals surface area contributed by atoms with Crippen LogP contribution in [0.4, 0.5) is 4.79 Å². The third kappa shape index (κ3) is 6.00. The van der Waals surface area contributed by atoms with Crippen molar-refractivity contribution in [1.82, 2.24) is 9.80 Å². The third-order valence-corrected chi connectivity index (χ3v) is 7.08. The lowest BCUT2D eigenvalue weighted by Crippen LogP contribution is -2.40. The molecule has 1 amide bonds. The standard InChI is InChI=1S/C24H30N2O2S/c27-24(28-21-7-3-1-4-8-21)26-17-13-23(14-18-26)29-22-11-9-20(10-12-22)19-25-15-5-2-6-16-25/h1,3-4,7-12,23H,2,5-6,13-19H2. The molecule has 4 nitrogen and oxygen atoms in total. The molecule has 2 aliphatic heterocycles. The van der Waals surface area contributed by atoms with Gasteiger partial charge >= 0.3 is 6.09 Å². The molecule has 0 atom stereocenters. The molecule has 0 bridgehead atoms. The predicted octanol–water partition coefficient (Wildman–Crippen LogP) is 5.43. The highest BCUT2D eigenvalue weighted by Crippen LogP contribution is 2.31. The van der Waals surface area contributed by atoms with Crippen LogP contribution in [-0.4, -0.2) is 47.3 Å². The summed E-state index contributed by atoms with van der Waals surface area (Å²) in [6.45, 7) is 5.07. The molecule has 4 rings (SSSR count). The summed E-state index contributed by atoms with van der Waals surface area (Å²) in [5, 5.41) is 0.559. The maximum absolute atomic E-state index is 12.3. The van der Waals surface area contributed by atoms with Crippen molar-refractivity contribution in [3.8, 4) is 5.75 Å². The van der Waals surface area contributed by atoms with Gasteiger partial charge < -0.3 is 9.64 Å². The summed E-state index contributed by atoms with van der Waals surface area (Å²) in [4.78, 5) is 18.0. The fraction of sp³-hybridized carbons (Fsp3) is 0.458. The van der Waals surface area contributed by atoms with Crippen LogP contribution in [0.3, 0.4) is 0 Å². The van der Waals surface area contributed by atoms with Crippen LogP contribution >= 0.6 is 11.8 Å². The highest BCUT2D eigenvalue weighted by atomic mass is 32.2. The number of ether oxygens (including phenoxy) is 1. The summed E-state index contributed by atoms with van der Waals surface area (Å²) < 4.78 is 5.46. The minimum Gasteiger partial charge on any atom is -0.410 e. The first kappa shape index (κ1) is 20.3. The van der Waals surface area contributed by atoms with E-state index in [0.29, 0.717) is 11.0 Å². The first-order chi connectivity index (χ1) is 14.3. The first-order valence-corrected chi connectivity index (χ1v) is 11.6. The number of rotatable bonds is 5. The number of thioether (sulfide) groups is 1. The molecular formula is C24H30N2O2S. The van der Waals surface area contributed by atoms with Crippen LogP contribution in [0, 0.1) is 0 Å². The van der Waals surface area contributed by atoms with Gasteiger partial charge in [0.25, 0.3) is 0 Å². The lowest BCUT2D eigenvalue weighted by atomic mass is 10.1. The van der Waals surface area contributed by atoms with Gasteiger partial charge in [-0.2, -0.15) is 0 Å². The van der Waals surface area contributed by atoms with Crippen LogP contribution in [0.15, 0.2) is 59.5 Å². The van der Waals surface area contributed by atoms with Crippen LogP contribution in [0.1, 0.15) is 37.7 Å². The number of likely N-dealkylation sites (tertiary alicyclic amines) is 2. The zero-order valence-corrected chi connectivity index (χ0v) is 17.8. The zero-order valence-electron chi connectivity index (χ0n) is 17.0. The number of carbonyl (C=O) groups is 1. The fourth-order valence-electron chi connectivity index (χ4n) is 4.05. The maximum atomic E-state index is 12.3. The molecular weight excluding hydrogens is 380 g/mol. The lowest BCUT2D eigenvalue weighted by molar-refractivity contribution is 0.143. The second kappa shape index (κ2) is 10.2. The second-order valence-electron chi connectivity index (χ2n) is 7.97. The van der Waals surface area contributed by atoms with Crippen LogP contribution in [0.5, 0.6) is 5.75 Å². The SMILES string of the molecule is O=C(Oc1ccccc1)N1CCC(Sc2ccc(CN3CCCCC3)cc2)CC1. The molecule has 0 aromatic heterocycles. The Morgan fingerprint density at radius 3 is 2.28 bits per heavy atom. The molecule has 0 radical (unpaired) electrons. The number of amides is 1. The van der Waals surface area contributed by atoms with E-state index in [1.54, 1.807) is 0 Å². The number of nitrogens with zero attached hydrogens (tertiary/aromatic N) is 2. The Bertz CT molecular complexity index is 767. The van der Waals surface area contributed by atoms with Crippen LogP contribution in [-0.2, 0) is 6.54 Å². The highest BCUT2D eigenvalue weighted by Gasteiger charge is 2.24. The van der Waals surface area contributed by atoms with Crippen LogP contribution in [0.2, 0.25) is 0 Å². The molecule has 0 N–H and O–H groups in total. The van der Waals surface area contributed by atoms with Gasteiger partial charge in [-0.15, -0.1) is 11.8 Å². The lowest BCUT2D eigenvalue weighted by Gasteiger charge is -2.31. The molecule has 2 aromatic carbocycles. The number of para-hydroxylation sites is 1. The zero-order chi connectivity index (χ0) is 19.9. The Balaban J connectivity index is 1.21. The van der Waals surface area contributed by atoms with E-state index in [1.165, 1.54) is 42.8 Å². The number of piperidine rings is 2. The molecule has 5 heteroatoms. The fourth-order valence-corrected chi connectivity index (χ4v) is 5.18. The van der Waals surface area contributed by atoms with Crippen molar-refractivity contribution in [1.29, 1.82) is 0 Å². The van der Waals surface area contributed by atoms with Crippen LogP contribution < -0.4 is 4.74 Å². The van der Waals surface area contributed by atoms with Gasteiger partial charge in [-0.1, -0.05) is 36.8 Å². The Morgan fingerprint density at radius 1 is 0.897 bits per heavy atom. The summed E-state index contributed by atoms with van der Waals surface area (Å²) in [5.41, 5.74) is 1.41. The molecule has 2 aliphatic rings. The third-order valence-electron chi connectivity index (χ3n) is 5.73. The molecule has 2 saturated heterocycles. The van der Waals surface area contributed by atoms with Crippen molar-refractivity contribution in [2.24, 2.45) is 0 Å². The normalized spacial score (nSPS) is 18.6. The molecule has 0 spiro atoms. The summed E-state index contributed by atoms with van der Waals surface area (Å²) in [5.74, 6) is 0.610. The van der Waals surface area contributed by atoms with Crippen molar-refractivity contribution in [2.45, 2.75) is 48.8 Å². The van der Waals surface area contributed by atoms with Crippen LogP contribution in [0.25, 0.3) is 0 Å². The topological polar surface area (TPSA) is 32.8 Å². The summed E-state index contributed by atoms with van der Waals surface area (Å²) in [6, 6.07) is 18.4. The summed E-state index contributed by atoms with van der Waals surface area (Å²) in [6.07, 6.45) is 5.84. The molecule has 0 unspecified atom stereocenters. The van der Waals surface area contributed by atoms with E-state index in [4.69, 9.17) is 4.74 Å². The maximum Gasteiger partial charge on any atom is 0.415 e. The summed E-state index contributed by atoms with van der Waals surface area (Å²) >= 11 is 1.94. The quantitative estimate of drug-likeness (QED) is 0.658. The molecule has 154 valence electrons. The number of benzene rings is 2. The number of carbonyl (C=O) groups excluding carboxylic acids is 1. The van der Waals surface area contributed by atoms with Gasteiger partial charge in [-0.05, 0) is 68.6 Å². The Kier molecular flexibility index (Phi) is 7.12. The number of hydrogen-bond donors (Lipinski definition) is 0. The van der Waals surface area contributed by atoms with Gasteiger partial charge in [0.2, 0.25) is 0 Å². The van der Waals surface area contributed by atoms with E-state index in [-0.39, 0.29) is 6.09 Å². The van der Waals surface area contributed by atoms with E-state index >= 15 is 0 Å². The van der Waals surface area contributed by atoms with Gasteiger partial charge in [0.15, 0.2) is 0 Å². The average molecular weight is 411 g/mol. The minimum absolute atomic E-state index is 0.235. The van der Waals surface area contributed by atoms with E-state index in [9.17, 15) is 4.79 Å². The van der Waals surface area contributed by atoms with Gasteiger partial charge in [0.1, 0.15) is 5.75 Å². The van der Waals surface area contributed by atoms with Crippen molar-refractivity contribution >= 4 is 17.9 Å². The van der Waals surface area contributed by atoms with Crippen molar-refractivity contribution in [3.63, 3.8) is 0 Å². The predicted molar refractivity (Wildman–Crippen MR) is 118 cm³/mol. The molecule has 2 fully saturated rings. The molecule has 2 aromatic rings. The van der Waals surface area contributed by atoms with Gasteiger partial charge in [0, 0.05) is 29.8 Å². The van der Waals surface area contributed by atoms with E-state index < -0.39 is 0 Å².